The van der Waals surface area contributed by atoms with E-state index in [1.54, 1.807) is 5.57 Å². The van der Waals surface area contributed by atoms with Gasteiger partial charge < -0.3 is 5.32 Å². The summed E-state index contributed by atoms with van der Waals surface area (Å²) in [5.41, 5.74) is 1.57. The first-order chi connectivity index (χ1) is 4.30. The van der Waals surface area contributed by atoms with Crippen LogP contribution in [0.4, 0.5) is 0 Å². The molecule has 0 aliphatic carbocycles. The summed E-state index contributed by atoms with van der Waals surface area (Å²) in [5, 5.41) is 3.25. The molecule has 0 spiro atoms. The maximum atomic E-state index is 3.25. The highest BCUT2D eigenvalue weighted by molar-refractivity contribution is 5.06. The lowest BCUT2D eigenvalue weighted by Crippen LogP contribution is -2.15. The van der Waals surface area contributed by atoms with Gasteiger partial charge in [0.1, 0.15) is 0 Å². The molecule has 1 aliphatic heterocycles. The lowest BCUT2D eigenvalue weighted by molar-refractivity contribution is 0.618. The first-order valence-electron chi connectivity index (χ1n) is 3.73. The summed E-state index contributed by atoms with van der Waals surface area (Å²) in [6.07, 6.45) is 4.78. The number of allylic oxidation sites excluding steroid dienone is 1. The molecule has 1 heteroatoms. The van der Waals surface area contributed by atoms with Crippen LogP contribution >= 0.6 is 0 Å². The zero-order valence-corrected chi connectivity index (χ0v) is 6.28. The van der Waals surface area contributed by atoms with Gasteiger partial charge in [-0.25, -0.2) is 0 Å². The van der Waals surface area contributed by atoms with Gasteiger partial charge in [-0.2, -0.15) is 0 Å². The van der Waals surface area contributed by atoms with E-state index in [0.717, 1.165) is 12.5 Å². The van der Waals surface area contributed by atoms with E-state index in [9.17, 15) is 0 Å². The van der Waals surface area contributed by atoms with Crippen LogP contribution in [0.2, 0.25) is 0 Å². The molecule has 0 unspecified atom stereocenters. The molecule has 9 heavy (non-hydrogen) atoms. The normalized spacial score (nSPS) is 19.2. The van der Waals surface area contributed by atoms with Crippen molar-refractivity contribution in [3.8, 4) is 0 Å². The Morgan fingerprint density at radius 1 is 1.56 bits per heavy atom. The fourth-order valence-electron chi connectivity index (χ4n) is 1.13. The van der Waals surface area contributed by atoms with Crippen molar-refractivity contribution in [2.75, 3.05) is 6.54 Å². The molecule has 52 valence electrons. The Balaban J connectivity index is 2.46. The van der Waals surface area contributed by atoms with E-state index >= 15 is 0 Å². The van der Waals surface area contributed by atoms with E-state index < -0.39 is 0 Å². The molecule has 1 rings (SSSR count). The van der Waals surface area contributed by atoms with Crippen LogP contribution < -0.4 is 5.32 Å². The van der Waals surface area contributed by atoms with E-state index in [-0.39, 0.29) is 0 Å². The van der Waals surface area contributed by atoms with Crippen LogP contribution in [-0.4, -0.2) is 6.54 Å². The molecule has 1 heterocycles. The van der Waals surface area contributed by atoms with Gasteiger partial charge in [-0.05, 0) is 25.0 Å². The van der Waals surface area contributed by atoms with Gasteiger partial charge in [-0.1, -0.05) is 19.4 Å². The Labute approximate surface area is 57.1 Å². The summed E-state index contributed by atoms with van der Waals surface area (Å²) in [6, 6.07) is 0. The smallest absolute Gasteiger partial charge is 0.0144 e. The molecule has 0 bridgehead atoms. The molecule has 0 saturated heterocycles. The fourth-order valence-corrected chi connectivity index (χ4v) is 1.13. The molecule has 0 radical (unpaired) electrons. The zero-order chi connectivity index (χ0) is 6.69. The van der Waals surface area contributed by atoms with Crippen LogP contribution in [0, 0.1) is 5.92 Å². The van der Waals surface area contributed by atoms with Crippen LogP contribution in [0.5, 0.6) is 0 Å². The van der Waals surface area contributed by atoms with Crippen molar-refractivity contribution in [3.63, 3.8) is 0 Å². The van der Waals surface area contributed by atoms with Gasteiger partial charge in [0.15, 0.2) is 0 Å². The monoisotopic (exact) mass is 125 g/mol. The average Bonchev–Trinajstić information content (AvgIpc) is 1.90. The Hall–Kier alpha value is -0.460. The molecule has 1 aliphatic rings. The van der Waals surface area contributed by atoms with Crippen LogP contribution in [-0.2, 0) is 0 Å². The van der Waals surface area contributed by atoms with Gasteiger partial charge in [-0.15, -0.1) is 0 Å². The molecular formula is C8H15N. The van der Waals surface area contributed by atoms with E-state index in [1.165, 1.54) is 12.8 Å². The van der Waals surface area contributed by atoms with E-state index in [2.05, 4.69) is 25.4 Å². The van der Waals surface area contributed by atoms with Crippen molar-refractivity contribution in [1.82, 2.24) is 5.32 Å². The van der Waals surface area contributed by atoms with Crippen molar-refractivity contribution in [2.24, 2.45) is 5.92 Å². The Morgan fingerprint density at radius 2 is 2.33 bits per heavy atom. The van der Waals surface area contributed by atoms with Crippen molar-refractivity contribution >= 4 is 0 Å². The van der Waals surface area contributed by atoms with E-state index in [0.29, 0.717) is 0 Å². The highest BCUT2D eigenvalue weighted by Gasteiger charge is 2.05. The van der Waals surface area contributed by atoms with Gasteiger partial charge in [0.05, 0.1) is 0 Å². The average molecular weight is 125 g/mol. The number of nitrogens with one attached hydrogen (secondary N) is 1. The van der Waals surface area contributed by atoms with E-state index in [4.69, 9.17) is 0 Å². The molecule has 0 atom stereocenters. The molecule has 0 saturated carbocycles. The molecule has 0 aromatic heterocycles. The van der Waals surface area contributed by atoms with Crippen LogP contribution in [0.15, 0.2) is 11.8 Å². The van der Waals surface area contributed by atoms with Crippen molar-refractivity contribution in [3.05, 3.63) is 11.8 Å². The topological polar surface area (TPSA) is 12.0 Å². The van der Waals surface area contributed by atoms with Gasteiger partial charge >= 0.3 is 0 Å². The first kappa shape index (κ1) is 6.66. The fraction of sp³-hybridized carbons (Fsp3) is 0.750. The summed E-state index contributed by atoms with van der Waals surface area (Å²) in [6.45, 7) is 5.66. The second-order valence-corrected chi connectivity index (χ2v) is 2.93. The highest BCUT2D eigenvalue weighted by Crippen LogP contribution is 2.16. The van der Waals surface area contributed by atoms with Crippen molar-refractivity contribution in [2.45, 2.75) is 26.7 Å². The molecule has 0 amide bonds. The summed E-state index contributed by atoms with van der Waals surface area (Å²) >= 11 is 0. The highest BCUT2D eigenvalue weighted by atomic mass is 14.8. The molecule has 0 aromatic carbocycles. The minimum Gasteiger partial charge on any atom is -0.391 e. The Bertz CT molecular complexity index is 114. The van der Waals surface area contributed by atoms with Crippen molar-refractivity contribution < 1.29 is 0 Å². The predicted octanol–water partition coefficient (Wildman–Crippen LogP) is 1.91. The maximum Gasteiger partial charge on any atom is 0.0144 e. The SMILES string of the molecule is CC(C)C1=CNCCC1. The van der Waals surface area contributed by atoms with Gasteiger partial charge in [-0.3, -0.25) is 0 Å². The summed E-state index contributed by atoms with van der Waals surface area (Å²) < 4.78 is 0. The third-order valence-electron chi connectivity index (χ3n) is 1.82. The first-order valence-corrected chi connectivity index (χ1v) is 3.73. The second-order valence-electron chi connectivity index (χ2n) is 2.93. The summed E-state index contributed by atoms with van der Waals surface area (Å²) in [5.74, 6) is 0.734. The number of hydrogen-bond acceptors (Lipinski definition) is 1. The molecule has 0 fully saturated rings. The Morgan fingerprint density at radius 3 is 2.67 bits per heavy atom. The molecular weight excluding hydrogens is 110 g/mol. The molecule has 0 aromatic rings. The molecule has 1 nitrogen and oxygen atoms in total. The van der Waals surface area contributed by atoms with Gasteiger partial charge in [0.25, 0.3) is 0 Å². The zero-order valence-electron chi connectivity index (χ0n) is 6.28. The number of hydrogen-bond donors (Lipinski definition) is 1. The van der Waals surface area contributed by atoms with Gasteiger partial charge in [0, 0.05) is 6.54 Å². The lowest BCUT2D eigenvalue weighted by Gasteiger charge is -2.16. The quantitative estimate of drug-likeness (QED) is 0.564. The van der Waals surface area contributed by atoms with Crippen molar-refractivity contribution in [1.29, 1.82) is 0 Å². The largest absolute Gasteiger partial charge is 0.391 e. The second kappa shape index (κ2) is 2.90. The van der Waals surface area contributed by atoms with E-state index in [1.807, 2.05) is 0 Å². The minimum absolute atomic E-state index is 0.734. The Kier molecular flexibility index (Phi) is 2.15. The van der Waals surface area contributed by atoms with Crippen LogP contribution in [0.25, 0.3) is 0 Å². The minimum atomic E-state index is 0.734. The summed E-state index contributed by atoms with van der Waals surface area (Å²) in [7, 11) is 0. The van der Waals surface area contributed by atoms with Gasteiger partial charge in [0.2, 0.25) is 0 Å². The number of rotatable bonds is 1. The summed E-state index contributed by atoms with van der Waals surface area (Å²) in [4.78, 5) is 0. The lowest BCUT2D eigenvalue weighted by atomic mass is 9.98. The predicted molar refractivity (Wildman–Crippen MR) is 40.2 cm³/mol. The maximum absolute atomic E-state index is 3.25. The third-order valence-corrected chi connectivity index (χ3v) is 1.82. The molecule has 1 N–H and O–H groups in total. The van der Waals surface area contributed by atoms with Crippen LogP contribution in [0.1, 0.15) is 26.7 Å². The third kappa shape index (κ3) is 1.74. The van der Waals surface area contributed by atoms with Crippen LogP contribution in [0.3, 0.4) is 0 Å². The standard InChI is InChI=1S/C8H15N/c1-7(2)8-4-3-5-9-6-8/h6-7,9H,3-5H2,1-2H3.